The van der Waals surface area contributed by atoms with Crippen molar-refractivity contribution < 1.29 is 15.0 Å². The van der Waals surface area contributed by atoms with E-state index in [0.29, 0.717) is 0 Å². The molecule has 110 valence electrons. The Morgan fingerprint density at radius 3 is 2.67 bits per heavy atom. The number of aryl methyl sites for hydroxylation is 1. The normalized spacial score (nSPS) is 11.9. The van der Waals surface area contributed by atoms with Gasteiger partial charge in [-0.25, -0.2) is 14.8 Å². The predicted octanol–water partition coefficient (Wildman–Crippen LogP) is 1.88. The van der Waals surface area contributed by atoms with Crippen molar-refractivity contribution in [1.29, 1.82) is 0 Å². The molecule has 0 spiro atoms. The molecule has 0 amide bonds. The second-order valence-corrected chi connectivity index (χ2v) is 4.58. The third kappa shape index (κ3) is 3.76. The molecule has 0 bridgehead atoms. The number of nitrogens with one attached hydrogen (secondary N) is 1. The van der Waals surface area contributed by atoms with Gasteiger partial charge < -0.3 is 15.5 Å². The van der Waals surface area contributed by atoms with Crippen LogP contribution in [0.3, 0.4) is 0 Å². The van der Waals surface area contributed by atoms with Crippen LogP contribution in [0.4, 0.5) is 5.82 Å². The number of carboxylic acid groups (broad SMARTS) is 1. The van der Waals surface area contributed by atoms with Crippen LogP contribution in [-0.4, -0.2) is 32.7 Å². The van der Waals surface area contributed by atoms with Crippen LogP contribution in [0.25, 0.3) is 0 Å². The van der Waals surface area contributed by atoms with Gasteiger partial charge in [-0.3, -0.25) is 0 Å². The van der Waals surface area contributed by atoms with Crippen molar-refractivity contribution in [2.24, 2.45) is 0 Å². The van der Waals surface area contributed by atoms with Gasteiger partial charge in [0, 0.05) is 12.7 Å². The summed E-state index contributed by atoms with van der Waals surface area (Å²) in [6.07, 6.45) is 2.68. The quantitative estimate of drug-likeness (QED) is 0.751. The molecule has 0 saturated heterocycles. The number of hydrogen-bond acceptors (Lipinski definition) is 5. The molecule has 6 heteroatoms. The number of rotatable bonds is 6. The summed E-state index contributed by atoms with van der Waals surface area (Å²) < 4.78 is 0. The molecule has 3 N–H and O–H groups in total. The van der Waals surface area contributed by atoms with E-state index in [2.05, 4.69) is 22.2 Å². The number of hydrogen-bond donors (Lipinski definition) is 3. The lowest BCUT2D eigenvalue weighted by Gasteiger charge is -2.14. The smallest absolute Gasteiger partial charge is 0.341 e. The Morgan fingerprint density at radius 1 is 1.33 bits per heavy atom. The maximum atomic E-state index is 11.0. The Hall–Kier alpha value is -2.47. The van der Waals surface area contributed by atoms with Gasteiger partial charge in [0.15, 0.2) is 0 Å². The first-order valence-electron chi connectivity index (χ1n) is 6.66. The van der Waals surface area contributed by atoms with E-state index in [1.54, 1.807) is 0 Å². The van der Waals surface area contributed by atoms with Gasteiger partial charge in [-0.05, 0) is 17.5 Å². The van der Waals surface area contributed by atoms with Crippen molar-refractivity contribution in [3.63, 3.8) is 0 Å². The zero-order valence-electron chi connectivity index (χ0n) is 11.7. The number of aromatic carboxylic acids is 1. The van der Waals surface area contributed by atoms with Crippen LogP contribution in [0.5, 0.6) is 0 Å². The van der Waals surface area contributed by atoms with Crippen molar-refractivity contribution in [3.05, 3.63) is 53.5 Å². The molecule has 1 atom stereocenters. The van der Waals surface area contributed by atoms with E-state index in [0.717, 1.165) is 12.0 Å². The molecule has 2 rings (SSSR count). The van der Waals surface area contributed by atoms with E-state index < -0.39 is 12.1 Å². The van der Waals surface area contributed by atoms with Gasteiger partial charge in [-0.2, -0.15) is 0 Å². The minimum atomic E-state index is -1.11. The van der Waals surface area contributed by atoms with E-state index in [4.69, 9.17) is 5.11 Å². The number of benzene rings is 1. The van der Waals surface area contributed by atoms with Crippen LogP contribution in [0, 0.1) is 0 Å². The van der Waals surface area contributed by atoms with Gasteiger partial charge in [-0.1, -0.05) is 31.2 Å². The maximum absolute atomic E-state index is 11.0. The molecule has 21 heavy (non-hydrogen) atoms. The number of anilines is 1. The van der Waals surface area contributed by atoms with Crippen LogP contribution in [0.1, 0.15) is 34.5 Å². The van der Waals surface area contributed by atoms with E-state index in [9.17, 15) is 9.90 Å². The van der Waals surface area contributed by atoms with E-state index >= 15 is 0 Å². The number of carbonyl (C=O) groups is 1. The maximum Gasteiger partial charge on any atom is 0.341 e. The number of aromatic nitrogens is 2. The molecule has 0 saturated carbocycles. The molecule has 1 heterocycles. The Kier molecular flexibility index (Phi) is 4.84. The number of aliphatic hydroxyl groups excluding tert-OH is 1. The topological polar surface area (TPSA) is 95.3 Å². The standard InChI is InChI=1S/C15H17N3O3/c1-2-10-3-5-11(6-4-10)13(19)8-17-14-12(15(20)21)7-16-9-18-14/h3-7,9,13,19H,2,8H2,1H3,(H,20,21)(H,16,17,18). The summed E-state index contributed by atoms with van der Waals surface area (Å²) in [5.41, 5.74) is 1.94. The number of carboxylic acids is 1. The second-order valence-electron chi connectivity index (χ2n) is 4.58. The number of nitrogens with zero attached hydrogens (tertiary/aromatic N) is 2. The van der Waals surface area contributed by atoms with Crippen LogP contribution >= 0.6 is 0 Å². The average molecular weight is 287 g/mol. The summed E-state index contributed by atoms with van der Waals surface area (Å²) in [7, 11) is 0. The Balaban J connectivity index is 2.03. The largest absolute Gasteiger partial charge is 0.477 e. The van der Waals surface area contributed by atoms with Gasteiger partial charge in [0.25, 0.3) is 0 Å². The predicted molar refractivity (Wildman–Crippen MR) is 78.3 cm³/mol. The molecule has 1 aromatic carbocycles. The lowest BCUT2D eigenvalue weighted by atomic mass is 10.1. The van der Waals surface area contributed by atoms with Gasteiger partial charge in [0.2, 0.25) is 0 Å². The Bertz CT molecular complexity index is 614. The SMILES string of the molecule is CCc1ccc(C(O)CNc2ncncc2C(=O)O)cc1. The molecule has 0 aliphatic heterocycles. The fourth-order valence-corrected chi connectivity index (χ4v) is 1.91. The molecule has 0 aliphatic carbocycles. The van der Waals surface area contributed by atoms with Crippen molar-refractivity contribution in [2.45, 2.75) is 19.4 Å². The minimum absolute atomic E-state index is 0.0222. The highest BCUT2D eigenvalue weighted by Crippen LogP contribution is 2.16. The molecule has 6 nitrogen and oxygen atoms in total. The Morgan fingerprint density at radius 2 is 2.05 bits per heavy atom. The van der Waals surface area contributed by atoms with E-state index in [1.165, 1.54) is 18.1 Å². The lowest BCUT2D eigenvalue weighted by molar-refractivity contribution is 0.0697. The molecular weight excluding hydrogens is 270 g/mol. The molecule has 0 radical (unpaired) electrons. The van der Waals surface area contributed by atoms with Crippen molar-refractivity contribution in [1.82, 2.24) is 9.97 Å². The van der Waals surface area contributed by atoms with Crippen LogP contribution in [0.2, 0.25) is 0 Å². The first kappa shape index (κ1) is 14.9. The van der Waals surface area contributed by atoms with Crippen molar-refractivity contribution >= 4 is 11.8 Å². The monoisotopic (exact) mass is 287 g/mol. The van der Waals surface area contributed by atoms with E-state index in [-0.39, 0.29) is 17.9 Å². The second kappa shape index (κ2) is 6.81. The van der Waals surface area contributed by atoms with Crippen LogP contribution < -0.4 is 5.32 Å². The van der Waals surface area contributed by atoms with E-state index in [1.807, 2.05) is 24.3 Å². The third-order valence-corrected chi connectivity index (χ3v) is 3.18. The zero-order valence-corrected chi connectivity index (χ0v) is 11.7. The molecule has 1 unspecified atom stereocenters. The highest BCUT2D eigenvalue weighted by molar-refractivity contribution is 5.92. The summed E-state index contributed by atoms with van der Waals surface area (Å²) in [6, 6.07) is 7.66. The summed E-state index contributed by atoms with van der Waals surface area (Å²) in [4.78, 5) is 18.6. The van der Waals surface area contributed by atoms with Crippen LogP contribution in [0.15, 0.2) is 36.8 Å². The first-order valence-corrected chi connectivity index (χ1v) is 6.66. The molecule has 2 aromatic rings. The molecule has 1 aromatic heterocycles. The highest BCUT2D eigenvalue weighted by Gasteiger charge is 2.13. The molecule has 0 aliphatic rings. The fourth-order valence-electron chi connectivity index (χ4n) is 1.91. The van der Waals surface area contributed by atoms with Gasteiger partial charge in [0.05, 0.1) is 6.10 Å². The van der Waals surface area contributed by atoms with Crippen LogP contribution in [-0.2, 0) is 6.42 Å². The van der Waals surface area contributed by atoms with Gasteiger partial charge in [0.1, 0.15) is 17.7 Å². The third-order valence-electron chi connectivity index (χ3n) is 3.18. The summed E-state index contributed by atoms with van der Waals surface area (Å²) >= 11 is 0. The average Bonchev–Trinajstić information content (AvgIpc) is 2.52. The minimum Gasteiger partial charge on any atom is -0.477 e. The summed E-state index contributed by atoms with van der Waals surface area (Å²) in [5.74, 6) is -0.915. The molecule has 0 fully saturated rings. The fraction of sp³-hybridized carbons (Fsp3) is 0.267. The summed E-state index contributed by atoms with van der Waals surface area (Å²) in [5, 5.41) is 22.0. The van der Waals surface area contributed by atoms with Gasteiger partial charge in [-0.15, -0.1) is 0 Å². The zero-order chi connectivity index (χ0) is 15.2. The Labute approximate surface area is 122 Å². The van der Waals surface area contributed by atoms with Gasteiger partial charge >= 0.3 is 5.97 Å². The summed E-state index contributed by atoms with van der Waals surface area (Å²) in [6.45, 7) is 2.23. The lowest BCUT2D eigenvalue weighted by Crippen LogP contribution is -2.15. The number of aliphatic hydroxyl groups is 1. The van der Waals surface area contributed by atoms with Crippen molar-refractivity contribution in [2.75, 3.05) is 11.9 Å². The molecular formula is C15H17N3O3. The first-order chi connectivity index (χ1) is 10.1. The van der Waals surface area contributed by atoms with Crippen molar-refractivity contribution in [3.8, 4) is 0 Å². The highest BCUT2D eigenvalue weighted by atomic mass is 16.4.